The highest BCUT2D eigenvalue weighted by atomic mass is 79.9. The third-order valence-electron chi connectivity index (χ3n) is 3.28. The van der Waals surface area contributed by atoms with Gasteiger partial charge in [-0.3, -0.25) is 0 Å². The van der Waals surface area contributed by atoms with Crippen molar-refractivity contribution in [3.05, 3.63) is 10.7 Å². The summed E-state index contributed by atoms with van der Waals surface area (Å²) in [6, 6.07) is 0. The smallest absolute Gasteiger partial charge is 0.232 e. The molecule has 1 aliphatic rings. The van der Waals surface area contributed by atoms with Crippen LogP contribution in [0, 0.1) is 5.41 Å². The summed E-state index contributed by atoms with van der Waals surface area (Å²) in [6.45, 7) is 4.78. The summed E-state index contributed by atoms with van der Waals surface area (Å²) in [5, 5.41) is 3.28. The van der Waals surface area contributed by atoms with Crippen LogP contribution in [0.15, 0.2) is 10.7 Å². The van der Waals surface area contributed by atoms with Crippen molar-refractivity contribution in [1.29, 1.82) is 0 Å². The third-order valence-corrected chi connectivity index (χ3v) is 3.82. The maximum Gasteiger partial charge on any atom is 0.232 e. The van der Waals surface area contributed by atoms with Crippen molar-refractivity contribution in [3.63, 3.8) is 0 Å². The van der Waals surface area contributed by atoms with E-state index in [0.717, 1.165) is 37.1 Å². The predicted molar refractivity (Wildman–Crippen MR) is 72.9 cm³/mol. The number of hydrogen-bond acceptors (Lipinski definition) is 5. The average molecular weight is 316 g/mol. The normalized spacial score (nSPS) is 18.4. The molecule has 5 nitrogen and oxygen atoms in total. The molecule has 1 fully saturated rings. The van der Waals surface area contributed by atoms with Crippen LogP contribution < -0.4 is 10.1 Å². The average Bonchev–Trinajstić information content (AvgIpc) is 2.39. The minimum absolute atomic E-state index is 0.252. The fraction of sp³-hybridized carbons (Fsp3) is 0.667. The Morgan fingerprint density at radius 3 is 2.89 bits per heavy atom. The quantitative estimate of drug-likeness (QED) is 0.925. The van der Waals surface area contributed by atoms with E-state index < -0.39 is 0 Å². The van der Waals surface area contributed by atoms with Gasteiger partial charge in [0.05, 0.1) is 17.8 Å². The van der Waals surface area contributed by atoms with Crippen LogP contribution in [0.3, 0.4) is 0 Å². The minimum atomic E-state index is 0.252. The molecule has 1 saturated heterocycles. The topological polar surface area (TPSA) is 56.3 Å². The van der Waals surface area contributed by atoms with Gasteiger partial charge >= 0.3 is 0 Å². The molecule has 1 N–H and O–H groups in total. The Hall–Kier alpha value is -0.880. The molecule has 1 aromatic rings. The number of rotatable bonds is 4. The molecule has 0 amide bonds. The summed E-state index contributed by atoms with van der Waals surface area (Å²) in [6.07, 6.45) is 3.82. The molecular formula is C12H18BrN3O2. The van der Waals surface area contributed by atoms with Crippen LogP contribution in [-0.2, 0) is 4.74 Å². The first-order valence-electron chi connectivity index (χ1n) is 6.01. The van der Waals surface area contributed by atoms with E-state index in [1.54, 1.807) is 13.3 Å². The Morgan fingerprint density at radius 2 is 2.22 bits per heavy atom. The molecule has 0 atom stereocenters. The van der Waals surface area contributed by atoms with Gasteiger partial charge in [-0.1, -0.05) is 6.92 Å². The Labute approximate surface area is 115 Å². The summed E-state index contributed by atoms with van der Waals surface area (Å²) in [5.41, 5.74) is 0.252. The maximum atomic E-state index is 5.38. The van der Waals surface area contributed by atoms with E-state index in [0.29, 0.717) is 11.8 Å². The monoisotopic (exact) mass is 315 g/mol. The first-order chi connectivity index (χ1) is 8.63. The van der Waals surface area contributed by atoms with Gasteiger partial charge in [0.2, 0.25) is 11.8 Å². The highest BCUT2D eigenvalue weighted by Crippen LogP contribution is 2.30. The lowest BCUT2D eigenvalue weighted by Crippen LogP contribution is -2.33. The molecule has 18 heavy (non-hydrogen) atoms. The van der Waals surface area contributed by atoms with Gasteiger partial charge in [0, 0.05) is 19.8 Å². The standard InChI is InChI=1S/C12H18BrN3O2/c1-12(3-5-18-6-4-12)8-15-11-14-7-9(13)10(16-11)17-2/h7H,3-6,8H2,1-2H3,(H,14,15,16). The highest BCUT2D eigenvalue weighted by Gasteiger charge is 2.27. The summed E-state index contributed by atoms with van der Waals surface area (Å²) >= 11 is 3.33. The van der Waals surface area contributed by atoms with E-state index in [2.05, 4.69) is 38.1 Å². The van der Waals surface area contributed by atoms with Crippen LogP contribution in [-0.4, -0.2) is 36.8 Å². The van der Waals surface area contributed by atoms with Gasteiger partial charge in [-0.05, 0) is 34.2 Å². The highest BCUT2D eigenvalue weighted by molar-refractivity contribution is 9.10. The first kappa shape index (κ1) is 13.5. The fourth-order valence-electron chi connectivity index (χ4n) is 1.91. The van der Waals surface area contributed by atoms with Crippen molar-refractivity contribution in [2.45, 2.75) is 19.8 Å². The number of nitrogens with one attached hydrogen (secondary N) is 1. The number of nitrogens with zero attached hydrogens (tertiary/aromatic N) is 2. The van der Waals surface area contributed by atoms with Crippen LogP contribution in [0.2, 0.25) is 0 Å². The lowest BCUT2D eigenvalue weighted by atomic mass is 9.82. The predicted octanol–water partition coefficient (Wildman–Crippen LogP) is 2.48. The lowest BCUT2D eigenvalue weighted by molar-refractivity contribution is 0.0299. The molecule has 0 aromatic carbocycles. The van der Waals surface area contributed by atoms with Gasteiger partial charge in [-0.2, -0.15) is 4.98 Å². The second kappa shape index (κ2) is 5.84. The Morgan fingerprint density at radius 1 is 1.50 bits per heavy atom. The second-order valence-corrected chi connectivity index (χ2v) is 5.68. The molecule has 0 aliphatic carbocycles. The lowest BCUT2D eigenvalue weighted by Gasteiger charge is -2.33. The van der Waals surface area contributed by atoms with Gasteiger partial charge in [0.1, 0.15) is 0 Å². The van der Waals surface area contributed by atoms with Gasteiger partial charge in [-0.25, -0.2) is 4.98 Å². The molecule has 100 valence electrons. The number of hydrogen-bond donors (Lipinski definition) is 1. The SMILES string of the molecule is COc1nc(NCC2(C)CCOCC2)ncc1Br. The van der Waals surface area contributed by atoms with E-state index in [1.165, 1.54) is 0 Å². The number of anilines is 1. The maximum absolute atomic E-state index is 5.38. The Kier molecular flexibility index (Phi) is 4.40. The molecule has 2 heterocycles. The van der Waals surface area contributed by atoms with Crippen LogP contribution in [0.4, 0.5) is 5.95 Å². The summed E-state index contributed by atoms with van der Waals surface area (Å²) < 4.78 is 11.3. The summed E-state index contributed by atoms with van der Waals surface area (Å²) in [4.78, 5) is 8.51. The number of aromatic nitrogens is 2. The third kappa shape index (κ3) is 3.32. The molecule has 0 saturated carbocycles. The van der Waals surface area contributed by atoms with E-state index in [4.69, 9.17) is 9.47 Å². The molecule has 0 bridgehead atoms. The molecule has 1 aromatic heterocycles. The summed E-state index contributed by atoms with van der Waals surface area (Å²) in [7, 11) is 1.59. The van der Waals surface area contributed by atoms with E-state index in [-0.39, 0.29) is 5.41 Å². The number of ether oxygens (including phenoxy) is 2. The zero-order valence-corrected chi connectivity index (χ0v) is 12.3. The van der Waals surface area contributed by atoms with Gasteiger partial charge in [0.25, 0.3) is 0 Å². The van der Waals surface area contributed by atoms with E-state index in [1.807, 2.05) is 0 Å². The van der Waals surface area contributed by atoms with E-state index in [9.17, 15) is 0 Å². The van der Waals surface area contributed by atoms with Crippen molar-refractivity contribution >= 4 is 21.9 Å². The zero-order chi connectivity index (χ0) is 13.0. The van der Waals surface area contributed by atoms with Crippen LogP contribution in [0.5, 0.6) is 5.88 Å². The van der Waals surface area contributed by atoms with Gasteiger partial charge in [-0.15, -0.1) is 0 Å². The van der Waals surface area contributed by atoms with E-state index >= 15 is 0 Å². The Balaban J connectivity index is 1.97. The fourth-order valence-corrected chi connectivity index (χ4v) is 2.27. The van der Waals surface area contributed by atoms with Crippen LogP contribution in [0.25, 0.3) is 0 Å². The van der Waals surface area contributed by atoms with Crippen molar-refractivity contribution in [1.82, 2.24) is 9.97 Å². The number of halogens is 1. The zero-order valence-electron chi connectivity index (χ0n) is 10.7. The molecule has 0 unspecified atom stereocenters. The first-order valence-corrected chi connectivity index (χ1v) is 6.80. The molecule has 1 aliphatic heterocycles. The van der Waals surface area contributed by atoms with Crippen molar-refractivity contribution in [2.24, 2.45) is 5.41 Å². The second-order valence-electron chi connectivity index (χ2n) is 4.83. The minimum Gasteiger partial charge on any atom is -0.480 e. The summed E-state index contributed by atoms with van der Waals surface area (Å²) in [5.74, 6) is 1.15. The number of methoxy groups -OCH3 is 1. The molecule has 0 spiro atoms. The molecule has 0 radical (unpaired) electrons. The van der Waals surface area contributed by atoms with Crippen molar-refractivity contribution in [2.75, 3.05) is 32.2 Å². The van der Waals surface area contributed by atoms with Crippen molar-refractivity contribution < 1.29 is 9.47 Å². The molecule has 6 heteroatoms. The van der Waals surface area contributed by atoms with Crippen molar-refractivity contribution in [3.8, 4) is 5.88 Å². The van der Waals surface area contributed by atoms with Gasteiger partial charge in [0.15, 0.2) is 0 Å². The van der Waals surface area contributed by atoms with Crippen LogP contribution in [0.1, 0.15) is 19.8 Å². The van der Waals surface area contributed by atoms with Gasteiger partial charge < -0.3 is 14.8 Å². The Bertz CT molecular complexity index is 408. The molecular weight excluding hydrogens is 298 g/mol. The molecule has 2 rings (SSSR count). The largest absolute Gasteiger partial charge is 0.480 e. The van der Waals surface area contributed by atoms with Crippen LogP contribution >= 0.6 is 15.9 Å².